The minimum atomic E-state index is -0.464. The van der Waals surface area contributed by atoms with Gasteiger partial charge in [-0.1, -0.05) is 62.0 Å². The van der Waals surface area contributed by atoms with E-state index in [9.17, 15) is 14.4 Å². The average Bonchev–Trinajstić information content (AvgIpc) is 3.06. The number of thioether (sulfide) groups is 1. The van der Waals surface area contributed by atoms with Gasteiger partial charge in [-0.15, -0.1) is 0 Å². The van der Waals surface area contributed by atoms with Crippen molar-refractivity contribution < 1.29 is 23.9 Å². The highest BCUT2D eigenvalue weighted by Gasteiger charge is 2.61. The van der Waals surface area contributed by atoms with E-state index in [4.69, 9.17) is 9.47 Å². The lowest BCUT2D eigenvalue weighted by atomic mass is 10.1. The summed E-state index contributed by atoms with van der Waals surface area (Å²) < 4.78 is 10.9. The van der Waals surface area contributed by atoms with Gasteiger partial charge in [-0.2, -0.15) is 0 Å². The predicted molar refractivity (Wildman–Crippen MR) is 119 cm³/mol. The van der Waals surface area contributed by atoms with E-state index in [0.717, 1.165) is 17.7 Å². The quantitative estimate of drug-likeness (QED) is 0.368. The van der Waals surface area contributed by atoms with Gasteiger partial charge in [-0.25, -0.2) is 4.79 Å². The molecule has 2 fully saturated rings. The summed E-state index contributed by atoms with van der Waals surface area (Å²) in [6.45, 7) is 4.12. The fraction of sp³-hybridized carbons (Fsp3) is 0.320. The monoisotopic (exact) mass is 436 g/mol. The molecule has 5 nitrogen and oxygen atoms in total. The van der Waals surface area contributed by atoms with Gasteiger partial charge in [0.15, 0.2) is 0 Å². The molecule has 4 rings (SSSR count). The summed E-state index contributed by atoms with van der Waals surface area (Å²) in [6, 6.07) is 15.7. The van der Waals surface area contributed by atoms with Gasteiger partial charge in [0.1, 0.15) is 12.4 Å². The van der Waals surface area contributed by atoms with E-state index >= 15 is 0 Å². The van der Waals surface area contributed by atoms with Gasteiger partial charge in [0.2, 0.25) is 5.12 Å². The number of rotatable bonds is 6. The second-order valence-corrected chi connectivity index (χ2v) is 9.48. The van der Waals surface area contributed by atoms with Crippen LogP contribution < -0.4 is 4.74 Å². The Morgan fingerprint density at radius 3 is 2.61 bits per heavy atom. The molecule has 2 aromatic rings. The molecule has 0 N–H and O–H groups in total. The Balaban J connectivity index is 1.36. The molecular formula is C25H24O5S. The van der Waals surface area contributed by atoms with Crippen molar-refractivity contribution in [3.63, 3.8) is 0 Å². The van der Waals surface area contributed by atoms with Crippen LogP contribution in [0.5, 0.6) is 5.75 Å². The largest absolute Gasteiger partial charge is 0.461 e. The fourth-order valence-corrected chi connectivity index (χ4v) is 4.81. The van der Waals surface area contributed by atoms with Crippen LogP contribution in [0.15, 0.2) is 66.2 Å². The smallest absolute Gasteiger partial charge is 0.343 e. The fourth-order valence-electron chi connectivity index (χ4n) is 3.94. The molecule has 1 heterocycles. The van der Waals surface area contributed by atoms with Crippen LogP contribution in [0.4, 0.5) is 0 Å². The molecule has 0 radical (unpaired) electrons. The Hall–Kier alpha value is -2.86. The van der Waals surface area contributed by atoms with Crippen LogP contribution in [-0.2, 0) is 20.9 Å². The second-order valence-electron chi connectivity index (χ2n) is 8.41. The molecule has 2 aromatic carbocycles. The highest BCUT2D eigenvalue weighted by molar-refractivity contribution is 8.14. The molecule has 160 valence electrons. The molecule has 1 aliphatic carbocycles. The molecule has 6 heteroatoms. The predicted octanol–water partition coefficient (Wildman–Crippen LogP) is 4.81. The molecule has 2 atom stereocenters. The summed E-state index contributed by atoms with van der Waals surface area (Å²) in [5, 5.41) is 0.119. The van der Waals surface area contributed by atoms with E-state index in [2.05, 4.69) is 0 Å². The Morgan fingerprint density at radius 2 is 1.90 bits per heavy atom. The van der Waals surface area contributed by atoms with Crippen LogP contribution in [0, 0.1) is 17.3 Å². The lowest BCUT2D eigenvalue weighted by molar-refractivity contribution is -0.147. The first kappa shape index (κ1) is 21.4. The molecule has 31 heavy (non-hydrogen) atoms. The van der Waals surface area contributed by atoms with Crippen molar-refractivity contribution in [2.45, 2.75) is 26.9 Å². The summed E-state index contributed by atoms with van der Waals surface area (Å²) in [5.41, 5.74) is 1.71. The van der Waals surface area contributed by atoms with Crippen LogP contribution in [0.3, 0.4) is 0 Å². The lowest BCUT2D eigenvalue weighted by Gasteiger charge is -2.08. The normalized spacial score (nSPS) is 22.9. The third-order valence-corrected chi connectivity index (χ3v) is 6.84. The summed E-state index contributed by atoms with van der Waals surface area (Å²) >= 11 is 1.34. The van der Waals surface area contributed by atoms with Gasteiger partial charge >= 0.3 is 11.9 Å². The number of ether oxygens (including phenoxy) is 2. The maximum Gasteiger partial charge on any atom is 0.343 e. The SMILES string of the molecule is CC1(C)[C@H](C(=O)OCc2cccc(C(=O)Oc3ccccc3)c2)[C@@H]1/C=C1\CCSC1=O. The first-order valence-corrected chi connectivity index (χ1v) is 11.3. The van der Waals surface area contributed by atoms with Crippen molar-refractivity contribution in [3.8, 4) is 5.75 Å². The molecule has 1 saturated carbocycles. The third-order valence-electron chi connectivity index (χ3n) is 5.91. The number of hydrogen-bond acceptors (Lipinski definition) is 6. The van der Waals surface area contributed by atoms with E-state index < -0.39 is 5.97 Å². The van der Waals surface area contributed by atoms with Crippen molar-refractivity contribution in [2.24, 2.45) is 17.3 Å². The molecule has 0 amide bonds. The van der Waals surface area contributed by atoms with E-state index in [-0.39, 0.29) is 34.9 Å². The van der Waals surface area contributed by atoms with E-state index in [1.54, 1.807) is 48.5 Å². The number of carbonyl (C=O) groups excluding carboxylic acids is 3. The maximum atomic E-state index is 12.7. The minimum absolute atomic E-state index is 0.0184. The van der Waals surface area contributed by atoms with Crippen molar-refractivity contribution in [2.75, 3.05) is 5.75 Å². The van der Waals surface area contributed by atoms with Gasteiger partial charge in [-0.05, 0) is 47.6 Å². The molecule has 0 bridgehead atoms. The first-order chi connectivity index (χ1) is 14.9. The number of hydrogen-bond donors (Lipinski definition) is 0. The summed E-state index contributed by atoms with van der Waals surface area (Å²) in [5.74, 6) is 0.306. The molecule has 0 spiro atoms. The second kappa shape index (κ2) is 8.71. The van der Waals surface area contributed by atoms with Crippen molar-refractivity contribution >= 4 is 28.8 Å². The average molecular weight is 437 g/mol. The van der Waals surface area contributed by atoms with E-state index in [0.29, 0.717) is 16.9 Å². The summed E-state index contributed by atoms with van der Waals surface area (Å²) in [4.78, 5) is 36.9. The zero-order valence-corrected chi connectivity index (χ0v) is 18.3. The number of benzene rings is 2. The maximum absolute atomic E-state index is 12.7. The Labute approximate surface area is 185 Å². The third kappa shape index (κ3) is 4.74. The van der Waals surface area contributed by atoms with Gasteiger partial charge in [0.25, 0.3) is 0 Å². The lowest BCUT2D eigenvalue weighted by Crippen LogP contribution is -2.12. The Morgan fingerprint density at radius 1 is 1.13 bits per heavy atom. The van der Waals surface area contributed by atoms with E-state index in [1.165, 1.54) is 11.8 Å². The van der Waals surface area contributed by atoms with Gasteiger partial charge in [-0.3, -0.25) is 9.59 Å². The van der Waals surface area contributed by atoms with E-state index in [1.807, 2.05) is 26.0 Å². The molecule has 1 saturated heterocycles. The Bertz CT molecular complexity index is 1040. The number of carbonyl (C=O) groups is 3. The van der Waals surface area contributed by atoms with Crippen LogP contribution in [0.1, 0.15) is 36.2 Å². The summed E-state index contributed by atoms with van der Waals surface area (Å²) in [7, 11) is 0. The van der Waals surface area contributed by atoms with Crippen LogP contribution >= 0.6 is 11.8 Å². The van der Waals surface area contributed by atoms with Gasteiger partial charge in [0.05, 0.1) is 11.5 Å². The topological polar surface area (TPSA) is 69.7 Å². The Kier molecular flexibility index (Phi) is 6.01. The van der Waals surface area contributed by atoms with Crippen molar-refractivity contribution in [1.82, 2.24) is 0 Å². The number of para-hydroxylation sites is 1. The van der Waals surface area contributed by atoms with Gasteiger partial charge < -0.3 is 9.47 Å². The first-order valence-electron chi connectivity index (χ1n) is 10.3. The molecular weight excluding hydrogens is 412 g/mol. The molecule has 0 aromatic heterocycles. The van der Waals surface area contributed by atoms with Crippen molar-refractivity contribution in [3.05, 3.63) is 77.4 Å². The highest BCUT2D eigenvalue weighted by Crippen LogP contribution is 2.60. The van der Waals surface area contributed by atoms with Gasteiger partial charge in [0, 0.05) is 11.3 Å². The van der Waals surface area contributed by atoms with Crippen molar-refractivity contribution in [1.29, 1.82) is 0 Å². The molecule has 0 unspecified atom stereocenters. The minimum Gasteiger partial charge on any atom is -0.461 e. The van der Waals surface area contributed by atoms with Crippen LogP contribution in [-0.4, -0.2) is 22.8 Å². The zero-order chi connectivity index (χ0) is 22.0. The molecule has 1 aliphatic heterocycles. The number of allylic oxidation sites excluding steroid dienone is 1. The molecule has 2 aliphatic rings. The zero-order valence-electron chi connectivity index (χ0n) is 17.5. The standard InChI is InChI=1S/C25H24O5S/c1-25(2)20(14-18-11-12-31-24(18)28)21(25)23(27)29-15-16-7-6-8-17(13-16)22(26)30-19-9-4-3-5-10-19/h3-10,13-14,20-21H,11-12,15H2,1-2H3/b18-14+/t20-,21-/m0/s1. The number of esters is 2. The van der Waals surface area contributed by atoms with Crippen LogP contribution in [0.25, 0.3) is 0 Å². The summed E-state index contributed by atoms with van der Waals surface area (Å²) in [6.07, 6.45) is 2.73. The van der Waals surface area contributed by atoms with Crippen LogP contribution in [0.2, 0.25) is 0 Å². The highest BCUT2D eigenvalue weighted by atomic mass is 32.2.